The minimum Gasteiger partial charge on any atom is -0.493 e. The normalized spacial score (nSPS) is 21.5. The number of β-amino-alcohol motifs (C(OH)–C–C–N with tert-alkyl or cyclic N) is 1. The van der Waals surface area contributed by atoms with Crippen molar-refractivity contribution in [3.8, 4) is 11.5 Å². The summed E-state index contributed by atoms with van der Waals surface area (Å²) in [6, 6.07) is 6.16. The van der Waals surface area contributed by atoms with Crippen LogP contribution in [0.1, 0.15) is 37.9 Å². The van der Waals surface area contributed by atoms with Crippen molar-refractivity contribution in [2.45, 2.75) is 38.3 Å². The van der Waals surface area contributed by atoms with Gasteiger partial charge in [0.15, 0.2) is 11.5 Å². The van der Waals surface area contributed by atoms with E-state index in [4.69, 9.17) is 9.47 Å². The summed E-state index contributed by atoms with van der Waals surface area (Å²) in [5.41, 5.74) is 0.875. The zero-order chi connectivity index (χ0) is 14.5. The molecular formula is C16H25NO3. The van der Waals surface area contributed by atoms with Gasteiger partial charge in [-0.15, -0.1) is 0 Å². The SMILES string of the molecule is COc1ccc(C(O)CN2CCCCC2C)cc1OC. The van der Waals surface area contributed by atoms with Crippen LogP contribution in [0.2, 0.25) is 0 Å². The molecule has 0 amide bonds. The molecule has 1 N–H and O–H groups in total. The molecule has 2 rings (SSSR count). The van der Waals surface area contributed by atoms with Gasteiger partial charge in [0.25, 0.3) is 0 Å². The van der Waals surface area contributed by atoms with Crippen molar-refractivity contribution >= 4 is 0 Å². The second kappa shape index (κ2) is 6.95. The molecule has 2 unspecified atom stereocenters. The van der Waals surface area contributed by atoms with Crippen LogP contribution in [-0.4, -0.2) is 43.4 Å². The number of hydrogen-bond acceptors (Lipinski definition) is 4. The fraction of sp³-hybridized carbons (Fsp3) is 0.625. The number of hydrogen-bond donors (Lipinski definition) is 1. The van der Waals surface area contributed by atoms with Gasteiger partial charge in [-0.25, -0.2) is 0 Å². The van der Waals surface area contributed by atoms with Crippen LogP contribution in [0.4, 0.5) is 0 Å². The molecule has 0 spiro atoms. The molecule has 0 aliphatic carbocycles. The predicted octanol–water partition coefficient (Wildman–Crippen LogP) is 2.61. The van der Waals surface area contributed by atoms with Crippen molar-refractivity contribution in [1.29, 1.82) is 0 Å². The molecule has 1 aromatic carbocycles. The highest BCUT2D eigenvalue weighted by Gasteiger charge is 2.22. The quantitative estimate of drug-likeness (QED) is 0.899. The Morgan fingerprint density at radius 1 is 1.25 bits per heavy atom. The van der Waals surface area contributed by atoms with Crippen LogP contribution in [0, 0.1) is 0 Å². The average molecular weight is 279 g/mol. The molecule has 1 fully saturated rings. The van der Waals surface area contributed by atoms with E-state index in [1.165, 1.54) is 19.3 Å². The Morgan fingerprint density at radius 3 is 2.65 bits per heavy atom. The number of rotatable bonds is 5. The lowest BCUT2D eigenvalue weighted by molar-refractivity contribution is 0.0731. The molecule has 4 nitrogen and oxygen atoms in total. The Balaban J connectivity index is 2.06. The molecule has 0 saturated carbocycles. The maximum Gasteiger partial charge on any atom is 0.161 e. The van der Waals surface area contributed by atoms with Gasteiger partial charge in [-0.05, 0) is 44.0 Å². The number of aliphatic hydroxyl groups excluding tert-OH is 1. The monoisotopic (exact) mass is 279 g/mol. The topological polar surface area (TPSA) is 41.9 Å². The number of ether oxygens (including phenoxy) is 2. The highest BCUT2D eigenvalue weighted by Crippen LogP contribution is 2.30. The molecule has 4 heteroatoms. The maximum atomic E-state index is 10.4. The Morgan fingerprint density at radius 2 is 2.00 bits per heavy atom. The van der Waals surface area contributed by atoms with E-state index in [0.717, 1.165) is 12.1 Å². The number of benzene rings is 1. The Labute approximate surface area is 121 Å². The third kappa shape index (κ3) is 3.44. The van der Waals surface area contributed by atoms with Crippen LogP contribution in [-0.2, 0) is 0 Å². The van der Waals surface area contributed by atoms with Gasteiger partial charge in [0.2, 0.25) is 0 Å². The first-order valence-corrected chi connectivity index (χ1v) is 7.29. The van der Waals surface area contributed by atoms with E-state index >= 15 is 0 Å². The molecule has 1 saturated heterocycles. The summed E-state index contributed by atoms with van der Waals surface area (Å²) < 4.78 is 10.5. The Bertz CT molecular complexity index is 436. The minimum atomic E-state index is -0.490. The summed E-state index contributed by atoms with van der Waals surface area (Å²) >= 11 is 0. The number of nitrogens with zero attached hydrogens (tertiary/aromatic N) is 1. The number of methoxy groups -OCH3 is 2. The van der Waals surface area contributed by atoms with Crippen molar-refractivity contribution in [2.75, 3.05) is 27.3 Å². The summed E-state index contributed by atoms with van der Waals surface area (Å²) in [6.07, 6.45) is 3.25. The fourth-order valence-corrected chi connectivity index (χ4v) is 2.82. The Hall–Kier alpha value is -1.26. The molecule has 0 aromatic heterocycles. The van der Waals surface area contributed by atoms with Crippen molar-refractivity contribution in [2.24, 2.45) is 0 Å². The molecule has 112 valence electrons. The van der Waals surface area contributed by atoms with Gasteiger partial charge in [-0.2, -0.15) is 0 Å². The average Bonchev–Trinajstić information content (AvgIpc) is 2.48. The number of piperidine rings is 1. The number of likely N-dealkylation sites (tertiary alicyclic amines) is 1. The van der Waals surface area contributed by atoms with E-state index < -0.39 is 6.10 Å². The van der Waals surface area contributed by atoms with Gasteiger partial charge in [0.1, 0.15) is 0 Å². The van der Waals surface area contributed by atoms with Gasteiger partial charge in [0, 0.05) is 12.6 Å². The van der Waals surface area contributed by atoms with E-state index in [0.29, 0.717) is 24.1 Å². The van der Waals surface area contributed by atoms with E-state index in [-0.39, 0.29) is 0 Å². The molecule has 1 heterocycles. The summed E-state index contributed by atoms with van der Waals surface area (Å²) in [5, 5.41) is 10.4. The van der Waals surface area contributed by atoms with Crippen molar-refractivity contribution in [3.05, 3.63) is 23.8 Å². The standard InChI is InChI=1S/C16H25NO3/c1-12-6-4-5-9-17(12)11-14(18)13-7-8-15(19-2)16(10-13)20-3/h7-8,10,12,14,18H,4-6,9,11H2,1-3H3. The highest BCUT2D eigenvalue weighted by atomic mass is 16.5. The van der Waals surface area contributed by atoms with Gasteiger partial charge >= 0.3 is 0 Å². The number of aliphatic hydroxyl groups is 1. The first-order valence-electron chi connectivity index (χ1n) is 7.29. The van der Waals surface area contributed by atoms with Gasteiger partial charge in [-0.1, -0.05) is 12.5 Å². The molecule has 1 aromatic rings. The van der Waals surface area contributed by atoms with E-state index in [1.54, 1.807) is 14.2 Å². The predicted molar refractivity (Wildman–Crippen MR) is 79.4 cm³/mol. The van der Waals surface area contributed by atoms with E-state index in [9.17, 15) is 5.11 Å². The largest absolute Gasteiger partial charge is 0.493 e. The van der Waals surface area contributed by atoms with Crippen LogP contribution in [0.15, 0.2) is 18.2 Å². The zero-order valence-electron chi connectivity index (χ0n) is 12.6. The highest BCUT2D eigenvalue weighted by molar-refractivity contribution is 5.43. The van der Waals surface area contributed by atoms with E-state index in [1.807, 2.05) is 18.2 Å². The maximum absolute atomic E-state index is 10.4. The molecule has 0 bridgehead atoms. The Kier molecular flexibility index (Phi) is 5.26. The van der Waals surface area contributed by atoms with Crippen LogP contribution >= 0.6 is 0 Å². The third-order valence-corrected chi connectivity index (χ3v) is 4.14. The molecule has 20 heavy (non-hydrogen) atoms. The van der Waals surface area contributed by atoms with Crippen LogP contribution < -0.4 is 9.47 Å². The van der Waals surface area contributed by atoms with Gasteiger partial charge < -0.3 is 14.6 Å². The lowest BCUT2D eigenvalue weighted by Crippen LogP contribution is -2.40. The zero-order valence-corrected chi connectivity index (χ0v) is 12.6. The summed E-state index contributed by atoms with van der Waals surface area (Å²) in [6.45, 7) is 3.99. The second-order valence-electron chi connectivity index (χ2n) is 5.47. The molecule has 1 aliphatic heterocycles. The molecular weight excluding hydrogens is 254 g/mol. The molecule has 0 radical (unpaired) electrons. The van der Waals surface area contributed by atoms with Crippen LogP contribution in [0.25, 0.3) is 0 Å². The summed E-state index contributed by atoms with van der Waals surface area (Å²) in [5.74, 6) is 1.35. The van der Waals surface area contributed by atoms with E-state index in [2.05, 4.69) is 11.8 Å². The van der Waals surface area contributed by atoms with Crippen molar-refractivity contribution in [3.63, 3.8) is 0 Å². The summed E-state index contributed by atoms with van der Waals surface area (Å²) in [4.78, 5) is 2.37. The third-order valence-electron chi connectivity index (χ3n) is 4.14. The van der Waals surface area contributed by atoms with Gasteiger partial charge in [-0.3, -0.25) is 4.90 Å². The summed E-state index contributed by atoms with van der Waals surface area (Å²) in [7, 11) is 3.23. The second-order valence-corrected chi connectivity index (χ2v) is 5.47. The lowest BCUT2D eigenvalue weighted by Gasteiger charge is -2.34. The molecule has 1 aliphatic rings. The minimum absolute atomic E-state index is 0.490. The van der Waals surface area contributed by atoms with Crippen molar-refractivity contribution < 1.29 is 14.6 Å². The first-order chi connectivity index (χ1) is 9.65. The van der Waals surface area contributed by atoms with Gasteiger partial charge in [0.05, 0.1) is 20.3 Å². The van der Waals surface area contributed by atoms with Crippen LogP contribution in [0.3, 0.4) is 0 Å². The smallest absolute Gasteiger partial charge is 0.161 e. The van der Waals surface area contributed by atoms with Crippen molar-refractivity contribution in [1.82, 2.24) is 4.90 Å². The molecule has 2 atom stereocenters. The fourth-order valence-electron chi connectivity index (χ4n) is 2.82. The first kappa shape index (κ1) is 15.1. The van der Waals surface area contributed by atoms with Crippen LogP contribution in [0.5, 0.6) is 11.5 Å². The lowest BCUT2D eigenvalue weighted by atomic mass is 10.0.